The van der Waals surface area contributed by atoms with Gasteiger partial charge in [0, 0.05) is 10.0 Å². The van der Waals surface area contributed by atoms with Gasteiger partial charge in [-0.25, -0.2) is 5.14 Å². The van der Waals surface area contributed by atoms with Crippen molar-refractivity contribution in [3.05, 3.63) is 33.8 Å². The Labute approximate surface area is 128 Å². The third kappa shape index (κ3) is 11.4. The summed E-state index contributed by atoms with van der Waals surface area (Å²) in [5.74, 6) is 0. The molecule has 1 aromatic carbocycles. The molecule has 116 valence electrons. The quantitative estimate of drug-likeness (QED) is 0.552. The van der Waals surface area contributed by atoms with Crippen LogP contribution in [0.5, 0.6) is 0 Å². The maximum atomic E-state index is 10.5. The lowest BCUT2D eigenvalue weighted by Crippen LogP contribution is -2.16. The van der Waals surface area contributed by atoms with Gasteiger partial charge in [-0.2, -0.15) is 8.42 Å². The van der Waals surface area contributed by atoms with E-state index in [0.29, 0.717) is 22.9 Å². The highest BCUT2D eigenvalue weighted by molar-refractivity contribution is 7.84. The van der Waals surface area contributed by atoms with Crippen LogP contribution in [0.15, 0.2) is 18.2 Å². The molecule has 20 heavy (non-hydrogen) atoms. The van der Waals surface area contributed by atoms with Gasteiger partial charge < -0.3 is 10.2 Å². The fourth-order valence-electron chi connectivity index (χ4n) is 1.16. The van der Waals surface area contributed by atoms with Crippen LogP contribution in [0.4, 0.5) is 0 Å². The first-order valence-corrected chi connectivity index (χ1v) is 7.82. The van der Waals surface area contributed by atoms with Gasteiger partial charge in [-0.3, -0.25) is 4.18 Å². The zero-order valence-corrected chi connectivity index (χ0v) is 13.1. The van der Waals surface area contributed by atoms with E-state index in [0.717, 1.165) is 5.56 Å². The van der Waals surface area contributed by atoms with Crippen molar-refractivity contribution in [2.75, 3.05) is 6.61 Å². The van der Waals surface area contributed by atoms with Crippen LogP contribution >= 0.6 is 23.2 Å². The lowest BCUT2D eigenvalue weighted by atomic mass is 10.1. The Kier molecular flexibility index (Phi) is 9.32. The zero-order chi connectivity index (χ0) is 15.8. The summed E-state index contributed by atoms with van der Waals surface area (Å²) in [7, 11) is -3.85. The predicted molar refractivity (Wildman–Crippen MR) is 77.7 cm³/mol. The molecule has 0 unspecified atom stereocenters. The minimum absolute atomic E-state index is 0.0395. The Morgan fingerprint density at radius 3 is 2.35 bits per heavy atom. The summed E-state index contributed by atoms with van der Waals surface area (Å²) in [6, 6.07) is 5.16. The van der Waals surface area contributed by atoms with Gasteiger partial charge >= 0.3 is 10.3 Å². The summed E-state index contributed by atoms with van der Waals surface area (Å²) in [6.45, 7) is 1.32. The number of aryl methyl sites for hydroxylation is 1. The van der Waals surface area contributed by atoms with Crippen molar-refractivity contribution in [1.29, 1.82) is 0 Å². The summed E-state index contributed by atoms with van der Waals surface area (Å²) >= 11 is 11.7. The highest BCUT2D eigenvalue weighted by atomic mass is 35.5. The van der Waals surface area contributed by atoms with E-state index in [1.807, 2.05) is 0 Å². The van der Waals surface area contributed by atoms with Gasteiger partial charge in [0.2, 0.25) is 0 Å². The first kappa shape index (κ1) is 19.6. The number of aliphatic hydroxyl groups is 2. The van der Waals surface area contributed by atoms with Gasteiger partial charge in [0.15, 0.2) is 0 Å². The van der Waals surface area contributed by atoms with Crippen molar-refractivity contribution in [2.24, 2.45) is 5.14 Å². The average Bonchev–Trinajstić information content (AvgIpc) is 2.24. The third-order valence-corrected chi connectivity index (χ3v) is 2.94. The van der Waals surface area contributed by atoms with Crippen LogP contribution in [0.25, 0.3) is 0 Å². The van der Waals surface area contributed by atoms with Crippen molar-refractivity contribution in [1.82, 2.24) is 0 Å². The van der Waals surface area contributed by atoms with E-state index in [1.54, 1.807) is 18.2 Å². The normalized spacial score (nSPS) is 11.2. The van der Waals surface area contributed by atoms with E-state index in [2.05, 4.69) is 9.32 Å². The Bertz CT molecular complexity index is 505. The molecule has 0 atom stereocenters. The topological polar surface area (TPSA) is 110 Å². The molecule has 0 heterocycles. The summed E-state index contributed by atoms with van der Waals surface area (Å²) in [4.78, 5) is 0. The minimum atomic E-state index is -3.85. The fourth-order valence-corrected chi connectivity index (χ4v) is 2.02. The summed E-state index contributed by atoms with van der Waals surface area (Å²) in [6.07, 6.45) is -0.0523. The molecule has 0 radical (unpaired) electrons. The molecule has 0 aromatic heterocycles. The molecule has 6 nitrogen and oxygen atoms in total. The molecule has 4 N–H and O–H groups in total. The van der Waals surface area contributed by atoms with E-state index in [1.165, 1.54) is 6.92 Å². The van der Waals surface area contributed by atoms with Gasteiger partial charge in [-0.05, 0) is 37.5 Å². The number of hydrogen-bond donors (Lipinski definition) is 3. The zero-order valence-electron chi connectivity index (χ0n) is 10.8. The van der Waals surface area contributed by atoms with Gasteiger partial charge in [0.1, 0.15) is 6.29 Å². The van der Waals surface area contributed by atoms with E-state index in [-0.39, 0.29) is 6.61 Å². The van der Waals surface area contributed by atoms with Gasteiger partial charge in [-0.1, -0.05) is 29.3 Å². The van der Waals surface area contributed by atoms with Gasteiger partial charge in [0.25, 0.3) is 0 Å². The number of aliphatic hydroxyl groups excluding tert-OH is 1. The number of benzene rings is 1. The van der Waals surface area contributed by atoms with Crippen molar-refractivity contribution in [2.45, 2.75) is 26.1 Å². The predicted octanol–water partition coefficient (Wildman–Crippen LogP) is 1.46. The molecule has 0 aliphatic heterocycles. The molecular formula is C11H17Cl2NO5S. The van der Waals surface area contributed by atoms with Gasteiger partial charge in [0.05, 0.1) is 6.61 Å². The molecule has 0 bridgehead atoms. The maximum Gasteiger partial charge on any atom is 0.333 e. The maximum absolute atomic E-state index is 10.5. The Balaban J connectivity index is 0.000000796. The molecule has 0 aliphatic rings. The molecule has 0 saturated carbocycles. The fraction of sp³-hybridized carbons (Fsp3) is 0.455. The Morgan fingerprint density at radius 2 is 1.90 bits per heavy atom. The Morgan fingerprint density at radius 1 is 1.35 bits per heavy atom. The lowest BCUT2D eigenvalue weighted by Gasteiger charge is -2.04. The second-order valence-corrected chi connectivity index (χ2v) is 5.85. The molecule has 0 spiro atoms. The lowest BCUT2D eigenvalue weighted by molar-refractivity contribution is -0.0228. The first-order chi connectivity index (χ1) is 9.11. The SMILES string of the molecule is CC(O)O.NS(=O)(=O)OCCCc1ccc(Cl)cc1Cl. The van der Waals surface area contributed by atoms with Crippen LogP contribution in [0.2, 0.25) is 10.0 Å². The van der Waals surface area contributed by atoms with E-state index < -0.39 is 16.6 Å². The second-order valence-electron chi connectivity index (χ2n) is 3.79. The highest BCUT2D eigenvalue weighted by Gasteiger charge is 2.04. The van der Waals surface area contributed by atoms with Crippen LogP contribution in [0.1, 0.15) is 18.9 Å². The standard InChI is InChI=1S/C9H11Cl2NO3S.C2H6O2/c10-8-4-3-7(9(11)6-8)2-1-5-15-16(12,13)14;1-2(3)4/h3-4,6H,1-2,5H2,(H2,12,13,14);2-4H,1H3. The summed E-state index contributed by atoms with van der Waals surface area (Å²) < 4.78 is 25.3. The highest BCUT2D eigenvalue weighted by Crippen LogP contribution is 2.21. The van der Waals surface area contributed by atoms with Crippen LogP contribution in [-0.4, -0.2) is 31.5 Å². The van der Waals surface area contributed by atoms with Crippen LogP contribution in [-0.2, 0) is 20.9 Å². The molecule has 0 fully saturated rings. The van der Waals surface area contributed by atoms with Crippen molar-refractivity contribution in [3.8, 4) is 0 Å². The molecule has 0 aliphatic carbocycles. The van der Waals surface area contributed by atoms with Crippen molar-refractivity contribution < 1.29 is 22.8 Å². The molecule has 9 heteroatoms. The van der Waals surface area contributed by atoms with Crippen LogP contribution in [0, 0.1) is 0 Å². The monoisotopic (exact) mass is 345 g/mol. The molecule has 1 aromatic rings. The summed E-state index contributed by atoms with van der Waals surface area (Å²) in [5.41, 5.74) is 0.893. The minimum Gasteiger partial charge on any atom is -0.368 e. The molecule has 1 rings (SSSR count). The van der Waals surface area contributed by atoms with Crippen LogP contribution in [0.3, 0.4) is 0 Å². The van der Waals surface area contributed by atoms with E-state index in [9.17, 15) is 8.42 Å². The Hall–Kier alpha value is -0.410. The molecular weight excluding hydrogens is 329 g/mol. The number of hydrogen-bond acceptors (Lipinski definition) is 5. The number of halogens is 2. The van der Waals surface area contributed by atoms with Crippen LogP contribution < -0.4 is 5.14 Å². The smallest absolute Gasteiger partial charge is 0.333 e. The summed E-state index contributed by atoms with van der Waals surface area (Å²) in [5, 5.41) is 21.0. The number of rotatable bonds is 5. The van der Waals surface area contributed by atoms with Crippen molar-refractivity contribution >= 4 is 33.5 Å². The molecule has 0 saturated heterocycles. The second kappa shape index (κ2) is 9.51. The largest absolute Gasteiger partial charge is 0.368 e. The van der Waals surface area contributed by atoms with Crippen molar-refractivity contribution in [3.63, 3.8) is 0 Å². The first-order valence-electron chi connectivity index (χ1n) is 5.59. The van der Waals surface area contributed by atoms with Gasteiger partial charge in [-0.15, -0.1) is 0 Å². The van der Waals surface area contributed by atoms with E-state index in [4.69, 9.17) is 33.4 Å². The molecule has 0 amide bonds. The van der Waals surface area contributed by atoms with E-state index >= 15 is 0 Å². The third-order valence-electron chi connectivity index (χ3n) is 1.85. The average molecular weight is 346 g/mol. The number of nitrogens with two attached hydrogens (primary N) is 1.